The molecule has 0 heterocycles. The van der Waals surface area contributed by atoms with Gasteiger partial charge in [0, 0.05) is 17.7 Å². The van der Waals surface area contributed by atoms with Gasteiger partial charge in [0.25, 0.3) is 5.91 Å². The Morgan fingerprint density at radius 2 is 1.73 bits per heavy atom. The highest BCUT2D eigenvalue weighted by atomic mass is 19.1. The van der Waals surface area contributed by atoms with Crippen LogP contribution in [0.15, 0.2) is 48.5 Å². The summed E-state index contributed by atoms with van der Waals surface area (Å²) in [6.07, 6.45) is 0. The van der Waals surface area contributed by atoms with E-state index < -0.39 is 17.8 Å². The first-order valence-corrected chi connectivity index (χ1v) is 8.38. The van der Waals surface area contributed by atoms with Gasteiger partial charge in [-0.05, 0) is 36.2 Å². The van der Waals surface area contributed by atoms with E-state index in [-0.39, 0.29) is 11.8 Å². The second-order valence-electron chi connectivity index (χ2n) is 6.23. The summed E-state index contributed by atoms with van der Waals surface area (Å²) in [6, 6.07) is 11.9. The van der Waals surface area contributed by atoms with Crippen LogP contribution < -0.4 is 15.4 Å². The van der Waals surface area contributed by atoms with Gasteiger partial charge in [0.1, 0.15) is 17.6 Å². The minimum Gasteiger partial charge on any atom is -0.496 e. The van der Waals surface area contributed by atoms with E-state index >= 15 is 0 Å². The molecule has 138 valence electrons. The van der Waals surface area contributed by atoms with Crippen LogP contribution in [0.3, 0.4) is 0 Å². The minimum absolute atomic E-state index is 0.114. The number of para-hydroxylation sites is 1. The van der Waals surface area contributed by atoms with Crippen molar-refractivity contribution >= 4 is 11.8 Å². The number of amides is 2. The molecule has 6 heteroatoms. The van der Waals surface area contributed by atoms with Crippen molar-refractivity contribution in [3.05, 3.63) is 65.5 Å². The molecule has 5 nitrogen and oxygen atoms in total. The highest BCUT2D eigenvalue weighted by Gasteiger charge is 2.24. The van der Waals surface area contributed by atoms with Gasteiger partial charge in [-0.25, -0.2) is 4.39 Å². The Bertz CT molecular complexity index is 760. The van der Waals surface area contributed by atoms with E-state index in [1.165, 1.54) is 24.3 Å². The van der Waals surface area contributed by atoms with Crippen LogP contribution in [0.1, 0.15) is 29.8 Å². The lowest BCUT2D eigenvalue weighted by Gasteiger charge is -2.22. The summed E-state index contributed by atoms with van der Waals surface area (Å²) < 4.78 is 18.3. The van der Waals surface area contributed by atoms with Crippen molar-refractivity contribution in [1.82, 2.24) is 10.6 Å². The van der Waals surface area contributed by atoms with Crippen LogP contribution in [0.2, 0.25) is 0 Å². The number of ether oxygens (including phenoxy) is 1. The molecule has 26 heavy (non-hydrogen) atoms. The van der Waals surface area contributed by atoms with E-state index in [9.17, 15) is 14.0 Å². The molecule has 1 unspecified atom stereocenters. The van der Waals surface area contributed by atoms with E-state index in [4.69, 9.17) is 4.74 Å². The fourth-order valence-electron chi connectivity index (χ4n) is 2.50. The van der Waals surface area contributed by atoms with E-state index in [1.807, 2.05) is 38.1 Å². The SMILES string of the molecule is COc1ccccc1CNC(=O)C(NC(=O)c1ccc(F)cc1)C(C)C. The summed E-state index contributed by atoms with van der Waals surface area (Å²) >= 11 is 0. The Labute approximate surface area is 152 Å². The Kier molecular flexibility index (Phi) is 6.72. The fourth-order valence-corrected chi connectivity index (χ4v) is 2.50. The van der Waals surface area contributed by atoms with Crippen molar-refractivity contribution in [3.8, 4) is 5.75 Å². The molecule has 0 aromatic heterocycles. The summed E-state index contributed by atoms with van der Waals surface area (Å²) in [5.41, 5.74) is 1.14. The molecule has 0 saturated heterocycles. The van der Waals surface area contributed by atoms with Crippen LogP contribution in [0, 0.1) is 11.7 Å². The lowest BCUT2D eigenvalue weighted by atomic mass is 10.0. The molecule has 0 aliphatic heterocycles. The van der Waals surface area contributed by atoms with Crippen LogP contribution in [0.25, 0.3) is 0 Å². The average molecular weight is 358 g/mol. The third kappa shape index (κ3) is 5.05. The quantitative estimate of drug-likeness (QED) is 0.800. The van der Waals surface area contributed by atoms with Gasteiger partial charge in [0.2, 0.25) is 5.91 Å². The van der Waals surface area contributed by atoms with Crippen molar-refractivity contribution in [1.29, 1.82) is 0 Å². The number of rotatable bonds is 7. The van der Waals surface area contributed by atoms with Crippen molar-refractivity contribution in [2.24, 2.45) is 5.92 Å². The summed E-state index contributed by atoms with van der Waals surface area (Å²) in [4.78, 5) is 24.9. The topological polar surface area (TPSA) is 67.4 Å². The standard InChI is InChI=1S/C20H23FN2O3/c1-13(2)18(23-19(24)14-8-10-16(21)11-9-14)20(25)22-12-15-6-4-5-7-17(15)26-3/h4-11,13,18H,12H2,1-3H3,(H,22,25)(H,23,24). The molecule has 1 atom stereocenters. The van der Waals surface area contributed by atoms with Gasteiger partial charge in [0.05, 0.1) is 7.11 Å². The zero-order valence-corrected chi connectivity index (χ0v) is 15.1. The molecule has 2 aromatic rings. The molecule has 0 aliphatic rings. The zero-order valence-electron chi connectivity index (χ0n) is 15.1. The van der Waals surface area contributed by atoms with E-state index in [2.05, 4.69) is 10.6 Å². The summed E-state index contributed by atoms with van der Waals surface area (Å²) in [6.45, 7) is 3.98. The summed E-state index contributed by atoms with van der Waals surface area (Å²) in [5, 5.41) is 5.54. The van der Waals surface area contributed by atoms with Crippen molar-refractivity contribution in [2.75, 3.05) is 7.11 Å². The Hall–Kier alpha value is -2.89. The summed E-state index contributed by atoms with van der Waals surface area (Å²) in [7, 11) is 1.57. The molecule has 0 saturated carbocycles. The number of halogens is 1. The second kappa shape index (κ2) is 8.99. The van der Waals surface area contributed by atoms with Crippen LogP contribution >= 0.6 is 0 Å². The number of benzene rings is 2. The van der Waals surface area contributed by atoms with Crippen molar-refractivity contribution < 1.29 is 18.7 Å². The number of carbonyl (C=O) groups is 2. The van der Waals surface area contributed by atoms with E-state index in [0.717, 1.165) is 5.56 Å². The van der Waals surface area contributed by atoms with Gasteiger partial charge in [0.15, 0.2) is 0 Å². The maximum atomic E-state index is 13.0. The van der Waals surface area contributed by atoms with Crippen LogP contribution in [0.5, 0.6) is 5.75 Å². The van der Waals surface area contributed by atoms with E-state index in [1.54, 1.807) is 7.11 Å². The average Bonchev–Trinajstić information content (AvgIpc) is 2.64. The lowest BCUT2D eigenvalue weighted by molar-refractivity contribution is -0.124. The predicted molar refractivity (Wildman–Crippen MR) is 97.3 cm³/mol. The van der Waals surface area contributed by atoms with Crippen molar-refractivity contribution in [3.63, 3.8) is 0 Å². The maximum absolute atomic E-state index is 13.0. The molecule has 0 bridgehead atoms. The normalized spacial score (nSPS) is 11.7. The number of methoxy groups -OCH3 is 1. The molecule has 0 radical (unpaired) electrons. The highest BCUT2D eigenvalue weighted by molar-refractivity contribution is 5.97. The van der Waals surface area contributed by atoms with Crippen LogP contribution in [-0.2, 0) is 11.3 Å². The number of carbonyl (C=O) groups excluding carboxylic acids is 2. The predicted octanol–water partition coefficient (Wildman–Crippen LogP) is 2.91. The largest absolute Gasteiger partial charge is 0.496 e. The number of nitrogens with one attached hydrogen (secondary N) is 2. The fraction of sp³-hybridized carbons (Fsp3) is 0.300. The first-order chi connectivity index (χ1) is 12.4. The molecule has 2 N–H and O–H groups in total. The summed E-state index contributed by atoms with van der Waals surface area (Å²) in [5.74, 6) is -0.560. The molecule has 0 spiro atoms. The zero-order chi connectivity index (χ0) is 19.1. The van der Waals surface area contributed by atoms with Crippen LogP contribution in [0.4, 0.5) is 4.39 Å². The molecular weight excluding hydrogens is 335 g/mol. The Morgan fingerprint density at radius 1 is 1.08 bits per heavy atom. The molecule has 2 amide bonds. The first kappa shape index (κ1) is 19.4. The molecule has 0 fully saturated rings. The first-order valence-electron chi connectivity index (χ1n) is 8.38. The third-order valence-corrected chi connectivity index (χ3v) is 3.99. The molecular formula is C20H23FN2O3. The van der Waals surface area contributed by atoms with Gasteiger partial charge in [-0.15, -0.1) is 0 Å². The third-order valence-electron chi connectivity index (χ3n) is 3.99. The molecule has 2 rings (SSSR count). The van der Waals surface area contributed by atoms with Crippen LogP contribution in [-0.4, -0.2) is 25.0 Å². The van der Waals surface area contributed by atoms with Gasteiger partial charge >= 0.3 is 0 Å². The number of hydrogen-bond donors (Lipinski definition) is 2. The molecule has 0 aliphatic carbocycles. The minimum atomic E-state index is -0.706. The maximum Gasteiger partial charge on any atom is 0.251 e. The van der Waals surface area contributed by atoms with Gasteiger partial charge < -0.3 is 15.4 Å². The lowest BCUT2D eigenvalue weighted by Crippen LogP contribution is -2.49. The van der Waals surface area contributed by atoms with E-state index in [0.29, 0.717) is 17.9 Å². The highest BCUT2D eigenvalue weighted by Crippen LogP contribution is 2.17. The van der Waals surface area contributed by atoms with Gasteiger partial charge in [-0.3, -0.25) is 9.59 Å². The Balaban J connectivity index is 2.03. The van der Waals surface area contributed by atoms with Gasteiger partial charge in [-0.1, -0.05) is 32.0 Å². The molecule has 2 aromatic carbocycles. The Morgan fingerprint density at radius 3 is 2.35 bits per heavy atom. The second-order valence-corrected chi connectivity index (χ2v) is 6.23. The number of hydrogen-bond acceptors (Lipinski definition) is 3. The monoisotopic (exact) mass is 358 g/mol. The van der Waals surface area contributed by atoms with Gasteiger partial charge in [-0.2, -0.15) is 0 Å². The van der Waals surface area contributed by atoms with Crippen molar-refractivity contribution in [2.45, 2.75) is 26.4 Å². The smallest absolute Gasteiger partial charge is 0.251 e.